The third kappa shape index (κ3) is 7.30. The third-order valence-electron chi connectivity index (χ3n) is 6.36. The fourth-order valence-corrected chi connectivity index (χ4v) is 6.48. The molecule has 0 atom stereocenters. The van der Waals surface area contributed by atoms with Gasteiger partial charge in [-0.25, -0.2) is 0 Å². The summed E-state index contributed by atoms with van der Waals surface area (Å²) in [6, 6.07) is 13.5. The molecule has 196 valence electrons. The maximum atomic E-state index is 4.78. The number of halogens is 2. The summed E-state index contributed by atoms with van der Waals surface area (Å²) in [6.45, 7) is 12.2. The quantitative estimate of drug-likeness (QED) is 0.175. The van der Waals surface area contributed by atoms with Gasteiger partial charge in [0, 0.05) is 65.9 Å². The second-order valence-electron chi connectivity index (χ2n) is 8.95. The molecule has 3 aromatic heterocycles. The van der Waals surface area contributed by atoms with E-state index in [0.29, 0.717) is 0 Å². The van der Waals surface area contributed by atoms with E-state index in [0.717, 1.165) is 50.2 Å². The number of nitrogens with zero attached hydrogens (tertiary/aromatic N) is 5. The Morgan fingerprint density at radius 1 is 0.806 bits per heavy atom. The lowest BCUT2D eigenvalue weighted by molar-refractivity contribution is 0.283. The average Bonchev–Trinajstić information content (AvgIpc) is 3.64. The van der Waals surface area contributed by atoms with Crippen LogP contribution in [0.2, 0.25) is 0 Å². The molecular formula is C27H37Cl2N5S2. The lowest BCUT2D eigenvalue weighted by Crippen LogP contribution is -2.22. The van der Waals surface area contributed by atoms with Crippen LogP contribution in [0.3, 0.4) is 0 Å². The molecule has 36 heavy (non-hydrogen) atoms. The van der Waals surface area contributed by atoms with Crippen molar-refractivity contribution < 1.29 is 0 Å². The van der Waals surface area contributed by atoms with E-state index >= 15 is 0 Å². The zero-order valence-corrected chi connectivity index (χ0v) is 25.1. The molecule has 0 radical (unpaired) electrons. The molecule has 3 heterocycles. The van der Waals surface area contributed by atoms with Gasteiger partial charge in [0.05, 0.1) is 0 Å². The van der Waals surface area contributed by atoms with Gasteiger partial charge >= 0.3 is 0 Å². The van der Waals surface area contributed by atoms with Gasteiger partial charge in [-0.3, -0.25) is 4.90 Å². The van der Waals surface area contributed by atoms with Crippen LogP contribution in [0, 0.1) is 0 Å². The van der Waals surface area contributed by atoms with E-state index in [2.05, 4.69) is 95.7 Å². The molecule has 0 aliphatic heterocycles. The van der Waals surface area contributed by atoms with Crippen molar-refractivity contribution in [2.75, 3.05) is 33.2 Å². The topological polar surface area (TPSA) is 37.2 Å². The molecule has 4 rings (SSSR count). The first-order valence-electron chi connectivity index (χ1n) is 12.6. The van der Waals surface area contributed by atoms with E-state index in [1.54, 1.807) is 4.80 Å². The first-order chi connectivity index (χ1) is 17.5. The predicted octanol–water partition coefficient (Wildman–Crippen LogP) is 7.92. The van der Waals surface area contributed by atoms with Gasteiger partial charge in [-0.1, -0.05) is 32.9 Å². The Labute approximate surface area is 233 Å². The molecule has 0 saturated carbocycles. The van der Waals surface area contributed by atoms with Gasteiger partial charge in [-0.05, 0) is 76.8 Å². The van der Waals surface area contributed by atoms with Crippen molar-refractivity contribution in [1.82, 2.24) is 24.8 Å². The molecule has 9 heteroatoms. The van der Waals surface area contributed by atoms with Gasteiger partial charge in [0.2, 0.25) is 0 Å². The van der Waals surface area contributed by atoms with Crippen LogP contribution < -0.4 is 0 Å². The van der Waals surface area contributed by atoms with E-state index in [9.17, 15) is 0 Å². The molecule has 0 spiro atoms. The Balaban J connectivity index is 0.00000176. The van der Waals surface area contributed by atoms with Gasteiger partial charge in [0.25, 0.3) is 0 Å². The zero-order valence-electron chi connectivity index (χ0n) is 21.9. The number of benzene rings is 1. The van der Waals surface area contributed by atoms with Crippen LogP contribution in [-0.2, 0) is 20.0 Å². The van der Waals surface area contributed by atoms with E-state index in [1.165, 1.54) is 43.5 Å². The summed E-state index contributed by atoms with van der Waals surface area (Å²) in [5.74, 6) is 0. The Morgan fingerprint density at radius 2 is 1.39 bits per heavy atom. The van der Waals surface area contributed by atoms with Gasteiger partial charge in [-0.15, -0.1) is 22.7 Å². The fourth-order valence-electron chi connectivity index (χ4n) is 4.32. The largest absolute Gasteiger partial charge is 0.307 e. The van der Waals surface area contributed by atoms with Crippen LogP contribution in [0.15, 0.2) is 36.4 Å². The Kier molecular flexibility index (Phi) is 11.7. The Morgan fingerprint density at radius 3 is 1.94 bits per heavy atom. The van der Waals surface area contributed by atoms with Crippen LogP contribution in [0.25, 0.3) is 31.9 Å². The number of thiophene rings is 2. The highest BCUT2D eigenvalue weighted by Crippen LogP contribution is 2.39. The van der Waals surface area contributed by atoms with E-state index in [4.69, 9.17) is 10.2 Å². The second-order valence-corrected chi connectivity index (χ2v) is 11.3. The van der Waals surface area contributed by atoms with Crippen LogP contribution >= 0.6 is 44.4 Å². The number of aryl methyl sites for hydroxylation is 2. The first kappa shape index (κ1) is 29.1. The number of fused-ring (bicyclic) bond motifs is 1. The molecule has 4 aromatic rings. The van der Waals surface area contributed by atoms with Gasteiger partial charge in [-0.2, -0.15) is 15.0 Å². The number of aromatic nitrogens is 3. The standard InChI is InChI=1S/C27H37N5S2.Cl2/c1-6-17-32(8-3)19-21-12-16-25(34-21)23-14-13-22(26-27(23)29-31(5)28-26)24-15-11-20(33-24)10-9-18-30(4)7-2;1-2/h11-16H,6-10,17-19H2,1-5H3;. The van der Waals surface area contributed by atoms with Crippen LogP contribution in [0.5, 0.6) is 0 Å². The van der Waals surface area contributed by atoms with Gasteiger partial charge < -0.3 is 4.90 Å². The summed E-state index contributed by atoms with van der Waals surface area (Å²) in [6.07, 6.45) is 3.51. The molecule has 0 N–H and O–H groups in total. The van der Waals surface area contributed by atoms with Crippen molar-refractivity contribution in [3.63, 3.8) is 0 Å². The highest BCUT2D eigenvalue weighted by Gasteiger charge is 2.17. The number of hydrogen-bond acceptors (Lipinski definition) is 6. The number of hydrogen-bond donors (Lipinski definition) is 0. The molecule has 0 bridgehead atoms. The van der Waals surface area contributed by atoms with Crippen molar-refractivity contribution in [3.8, 4) is 20.9 Å². The van der Waals surface area contributed by atoms with Crippen molar-refractivity contribution in [3.05, 3.63) is 46.2 Å². The Bertz CT molecular complexity index is 1220. The maximum Gasteiger partial charge on any atom is 0.122 e. The zero-order chi connectivity index (χ0) is 26.1. The summed E-state index contributed by atoms with van der Waals surface area (Å²) in [4.78, 5) is 12.0. The SMILES string of the molecule is CCCN(CC)Cc1ccc(-c2ccc(-c3ccc(CCCN(C)CC)s3)c3nn(C)nc23)s1.ClCl. The van der Waals surface area contributed by atoms with E-state index < -0.39 is 0 Å². The molecule has 5 nitrogen and oxygen atoms in total. The minimum Gasteiger partial charge on any atom is -0.307 e. The minimum atomic E-state index is 0.994. The highest BCUT2D eigenvalue weighted by atomic mass is 36.5. The fraction of sp³-hybridized carbons (Fsp3) is 0.481. The maximum absolute atomic E-state index is 4.78. The molecule has 0 aliphatic rings. The highest BCUT2D eigenvalue weighted by molar-refractivity contribution is 7.16. The van der Waals surface area contributed by atoms with Crippen molar-refractivity contribution >= 4 is 55.4 Å². The van der Waals surface area contributed by atoms with Crippen LogP contribution in [0.4, 0.5) is 0 Å². The lowest BCUT2D eigenvalue weighted by atomic mass is 10.1. The molecular weight excluding hydrogens is 529 g/mol. The van der Waals surface area contributed by atoms with Crippen molar-refractivity contribution in [2.45, 2.75) is 46.6 Å². The molecule has 0 fully saturated rings. The smallest absolute Gasteiger partial charge is 0.122 e. The normalized spacial score (nSPS) is 11.5. The van der Waals surface area contributed by atoms with Crippen LogP contribution in [0.1, 0.15) is 43.4 Å². The molecule has 0 aliphatic carbocycles. The third-order valence-corrected chi connectivity index (χ3v) is 8.65. The van der Waals surface area contributed by atoms with Gasteiger partial charge in [0.15, 0.2) is 0 Å². The van der Waals surface area contributed by atoms with E-state index in [1.807, 2.05) is 29.7 Å². The monoisotopic (exact) mass is 565 g/mol. The van der Waals surface area contributed by atoms with Crippen molar-refractivity contribution in [1.29, 1.82) is 0 Å². The summed E-state index contributed by atoms with van der Waals surface area (Å²) in [5, 5.41) is 9.55. The summed E-state index contributed by atoms with van der Waals surface area (Å²) in [7, 11) is 12.3. The van der Waals surface area contributed by atoms with Gasteiger partial charge in [0.1, 0.15) is 11.0 Å². The summed E-state index contributed by atoms with van der Waals surface area (Å²) in [5.41, 5.74) is 4.36. The molecule has 1 aromatic carbocycles. The first-order valence-corrected chi connectivity index (χ1v) is 15.4. The molecule has 0 saturated heterocycles. The minimum absolute atomic E-state index is 0.994. The average molecular weight is 567 g/mol. The lowest BCUT2D eigenvalue weighted by Gasteiger charge is -2.18. The molecule has 0 unspecified atom stereocenters. The summed E-state index contributed by atoms with van der Waals surface area (Å²) >= 11 is 3.77. The van der Waals surface area contributed by atoms with Crippen LogP contribution in [-0.4, -0.2) is 58.0 Å². The summed E-state index contributed by atoms with van der Waals surface area (Å²) < 4.78 is 0. The second kappa shape index (κ2) is 14.5. The predicted molar refractivity (Wildman–Crippen MR) is 160 cm³/mol. The number of rotatable bonds is 12. The van der Waals surface area contributed by atoms with Crippen molar-refractivity contribution in [2.24, 2.45) is 7.05 Å². The Hall–Kier alpha value is -1.48. The molecule has 0 amide bonds. The van der Waals surface area contributed by atoms with E-state index in [-0.39, 0.29) is 0 Å².